The smallest absolute Gasteiger partial charge is 0.312 e. The molecule has 1 unspecified atom stereocenters. The van der Waals surface area contributed by atoms with Crippen LogP contribution >= 0.6 is 0 Å². The molecule has 5 nitrogen and oxygen atoms in total. The lowest BCUT2D eigenvalue weighted by Gasteiger charge is -2.56. The van der Waals surface area contributed by atoms with Crippen molar-refractivity contribution in [2.75, 3.05) is 0 Å². The van der Waals surface area contributed by atoms with Gasteiger partial charge in [-0.05, 0) is 74.5 Å². The maximum Gasteiger partial charge on any atom is 0.312 e. The van der Waals surface area contributed by atoms with E-state index in [4.69, 9.17) is 0 Å². The Bertz CT molecular complexity index is 893. The summed E-state index contributed by atoms with van der Waals surface area (Å²) in [5.74, 6) is 2.57. The van der Waals surface area contributed by atoms with Gasteiger partial charge in [0.05, 0.1) is 5.70 Å². The van der Waals surface area contributed by atoms with Gasteiger partial charge in [-0.1, -0.05) is 6.08 Å². The second kappa shape index (κ2) is 5.97. The number of rotatable bonds is 2. The van der Waals surface area contributed by atoms with Crippen LogP contribution in [-0.4, -0.2) is 11.4 Å². The van der Waals surface area contributed by atoms with Gasteiger partial charge >= 0.3 is 12.1 Å². The van der Waals surface area contributed by atoms with E-state index in [9.17, 15) is 4.79 Å². The van der Waals surface area contributed by atoms with Gasteiger partial charge in [-0.25, -0.2) is 0 Å². The molecule has 7 rings (SSSR count). The van der Waals surface area contributed by atoms with Crippen LogP contribution in [-0.2, 0) is 4.79 Å². The monoisotopic (exact) mass is 375 g/mol. The molecule has 1 atom stereocenters. The Morgan fingerprint density at radius 2 is 1.82 bits per heavy atom. The predicted molar refractivity (Wildman–Crippen MR) is 106 cm³/mol. The Morgan fingerprint density at radius 1 is 1.07 bits per heavy atom. The molecule has 2 aliphatic heterocycles. The van der Waals surface area contributed by atoms with Crippen LogP contribution in [0.2, 0.25) is 0 Å². The second-order valence-corrected chi connectivity index (χ2v) is 9.38. The van der Waals surface area contributed by atoms with E-state index < -0.39 is 6.17 Å². The van der Waals surface area contributed by atoms with E-state index in [-0.39, 0.29) is 11.4 Å². The minimum atomic E-state index is -0.396. The summed E-state index contributed by atoms with van der Waals surface area (Å²) in [6.45, 7) is 0. The number of allylic oxidation sites excluding steroid dienone is 3. The highest BCUT2D eigenvalue weighted by atomic mass is 16.2. The lowest BCUT2D eigenvalue weighted by molar-refractivity contribution is -0.705. The number of pyridine rings is 1. The summed E-state index contributed by atoms with van der Waals surface area (Å²) in [6.07, 6.45) is 17.2. The third-order valence-corrected chi connectivity index (χ3v) is 7.36. The van der Waals surface area contributed by atoms with E-state index in [2.05, 4.69) is 26.6 Å². The normalized spacial score (nSPS) is 39.4. The molecule has 4 aliphatic carbocycles. The first-order chi connectivity index (χ1) is 13.7. The molecule has 0 radical (unpaired) electrons. The van der Waals surface area contributed by atoms with Crippen LogP contribution in [0, 0.1) is 17.8 Å². The van der Waals surface area contributed by atoms with Crippen molar-refractivity contribution < 1.29 is 9.36 Å². The van der Waals surface area contributed by atoms with Gasteiger partial charge < -0.3 is 16.0 Å². The Hall–Kier alpha value is -2.56. The number of fused-ring (bicyclic) bond motifs is 1. The highest BCUT2D eigenvalue weighted by Gasteiger charge is 2.53. The Labute approximate surface area is 165 Å². The highest BCUT2D eigenvalue weighted by molar-refractivity contribution is 5.83. The molecule has 4 saturated carbocycles. The van der Waals surface area contributed by atoms with Crippen molar-refractivity contribution in [2.24, 2.45) is 17.8 Å². The SMILES string of the molecule is O=C(NC12CC3CC(CC(C3)C1)C2)C1NC(=C2C=CC=CN2)c2cccc[n+]21. The summed E-state index contributed by atoms with van der Waals surface area (Å²) >= 11 is 0. The van der Waals surface area contributed by atoms with Crippen LogP contribution in [0.4, 0.5) is 0 Å². The van der Waals surface area contributed by atoms with E-state index in [0.717, 1.165) is 34.8 Å². The molecule has 3 heterocycles. The Balaban J connectivity index is 1.30. The summed E-state index contributed by atoms with van der Waals surface area (Å²) in [5, 5.41) is 10.3. The number of hydrogen-bond donors (Lipinski definition) is 3. The fraction of sp³-hybridized carbons (Fsp3) is 0.478. The van der Waals surface area contributed by atoms with Crippen molar-refractivity contribution >= 4 is 11.6 Å². The fourth-order valence-corrected chi connectivity index (χ4v) is 6.72. The minimum Gasteiger partial charge on any atom is -0.360 e. The lowest BCUT2D eigenvalue weighted by atomic mass is 9.53. The van der Waals surface area contributed by atoms with E-state index in [0.29, 0.717) is 0 Å². The Morgan fingerprint density at radius 3 is 2.50 bits per heavy atom. The van der Waals surface area contributed by atoms with E-state index >= 15 is 0 Å². The first kappa shape index (κ1) is 16.4. The molecule has 1 amide bonds. The highest BCUT2D eigenvalue weighted by Crippen LogP contribution is 2.55. The van der Waals surface area contributed by atoms with Crippen LogP contribution < -0.4 is 20.5 Å². The van der Waals surface area contributed by atoms with Gasteiger partial charge in [0.1, 0.15) is 5.70 Å². The summed E-state index contributed by atoms with van der Waals surface area (Å²) in [6, 6.07) is 6.09. The standard InChI is InChI=1S/C23H26N4O/c28-22(26-23-12-15-9-16(13-23)11-17(10-15)14-23)21-25-20(18-5-1-3-7-24-18)19-6-2-4-8-27(19)21/h1-8,15-17,21,25H,9-14H2,(H,26,28)/p+1. The molecule has 3 N–H and O–H groups in total. The van der Waals surface area contributed by atoms with Crippen LogP contribution in [0.1, 0.15) is 50.4 Å². The lowest BCUT2D eigenvalue weighted by Crippen LogP contribution is -2.63. The number of dihydropyridines is 1. The van der Waals surface area contributed by atoms with Crippen molar-refractivity contribution in [1.82, 2.24) is 16.0 Å². The van der Waals surface area contributed by atoms with Crippen molar-refractivity contribution in [3.05, 3.63) is 60.2 Å². The third kappa shape index (κ3) is 2.52. The number of nitrogens with one attached hydrogen (secondary N) is 3. The average Bonchev–Trinajstić information content (AvgIpc) is 3.07. The summed E-state index contributed by atoms with van der Waals surface area (Å²) in [5.41, 5.74) is 3.04. The molecular weight excluding hydrogens is 348 g/mol. The number of carbonyl (C=O) groups excluding carboxylic acids is 1. The number of hydrogen-bond acceptors (Lipinski definition) is 3. The largest absolute Gasteiger partial charge is 0.360 e. The van der Waals surface area contributed by atoms with Crippen molar-refractivity contribution in [3.63, 3.8) is 0 Å². The predicted octanol–water partition coefficient (Wildman–Crippen LogP) is 2.50. The first-order valence-electron chi connectivity index (χ1n) is 10.6. The van der Waals surface area contributed by atoms with Gasteiger partial charge in [-0.15, -0.1) is 0 Å². The van der Waals surface area contributed by atoms with Crippen molar-refractivity contribution in [3.8, 4) is 0 Å². The molecule has 28 heavy (non-hydrogen) atoms. The molecular formula is C23H27N4O+. The molecule has 1 aromatic heterocycles. The van der Waals surface area contributed by atoms with Gasteiger partial charge in [0.25, 0.3) is 0 Å². The third-order valence-electron chi connectivity index (χ3n) is 7.36. The van der Waals surface area contributed by atoms with Gasteiger partial charge in [-0.3, -0.25) is 4.79 Å². The average molecular weight is 375 g/mol. The second-order valence-electron chi connectivity index (χ2n) is 9.38. The minimum absolute atomic E-state index is 0.0324. The number of nitrogens with zero attached hydrogens (tertiary/aromatic N) is 1. The van der Waals surface area contributed by atoms with Gasteiger partial charge in [0.2, 0.25) is 5.69 Å². The topological polar surface area (TPSA) is 57.0 Å². The number of carbonyl (C=O) groups is 1. The summed E-state index contributed by atoms with van der Waals surface area (Å²) in [7, 11) is 0. The summed E-state index contributed by atoms with van der Waals surface area (Å²) < 4.78 is 2.06. The van der Waals surface area contributed by atoms with Gasteiger partial charge in [0.15, 0.2) is 6.20 Å². The molecule has 0 aromatic carbocycles. The van der Waals surface area contributed by atoms with Crippen molar-refractivity contribution in [1.29, 1.82) is 0 Å². The molecule has 0 spiro atoms. The van der Waals surface area contributed by atoms with Crippen molar-refractivity contribution in [2.45, 2.75) is 50.2 Å². The fourth-order valence-electron chi connectivity index (χ4n) is 6.72. The van der Waals surface area contributed by atoms with Crippen LogP contribution in [0.25, 0.3) is 5.70 Å². The van der Waals surface area contributed by atoms with Gasteiger partial charge in [0, 0.05) is 23.9 Å². The zero-order chi connectivity index (χ0) is 18.7. The Kier molecular flexibility index (Phi) is 3.49. The van der Waals surface area contributed by atoms with E-state index in [1.165, 1.54) is 38.5 Å². The maximum atomic E-state index is 13.5. The molecule has 4 bridgehead atoms. The zero-order valence-corrected chi connectivity index (χ0v) is 16.0. The molecule has 0 saturated heterocycles. The van der Waals surface area contributed by atoms with Crippen LogP contribution in [0.5, 0.6) is 0 Å². The molecule has 5 heteroatoms. The molecule has 1 aromatic rings. The van der Waals surface area contributed by atoms with Gasteiger partial charge in [-0.2, -0.15) is 4.57 Å². The number of aromatic nitrogens is 1. The molecule has 4 fully saturated rings. The maximum absolute atomic E-state index is 13.5. The van der Waals surface area contributed by atoms with E-state index in [1.807, 2.05) is 42.8 Å². The molecule has 144 valence electrons. The quantitative estimate of drug-likeness (QED) is 0.696. The summed E-state index contributed by atoms with van der Waals surface area (Å²) in [4.78, 5) is 13.5. The zero-order valence-electron chi connectivity index (χ0n) is 16.0. The number of amides is 1. The molecule has 6 aliphatic rings. The van der Waals surface area contributed by atoms with E-state index in [1.54, 1.807) is 0 Å². The first-order valence-corrected chi connectivity index (χ1v) is 10.6. The van der Waals surface area contributed by atoms with Crippen LogP contribution in [0.3, 0.4) is 0 Å². The van der Waals surface area contributed by atoms with Crippen LogP contribution in [0.15, 0.2) is 54.5 Å².